The van der Waals surface area contributed by atoms with E-state index >= 15 is 0 Å². The molecule has 1 aromatic rings. The average Bonchev–Trinajstić information content (AvgIpc) is 2.29. The summed E-state index contributed by atoms with van der Waals surface area (Å²) in [6.07, 6.45) is 0. The highest BCUT2D eigenvalue weighted by atomic mass is 79.9. The first-order chi connectivity index (χ1) is 8.32. The summed E-state index contributed by atoms with van der Waals surface area (Å²) in [5.41, 5.74) is 0.258. The van der Waals surface area contributed by atoms with Crippen molar-refractivity contribution in [1.82, 2.24) is 4.90 Å². The number of carbonyl (C=O) groups excluding carboxylic acids is 1. The molecule has 0 aliphatic heterocycles. The molecule has 18 heavy (non-hydrogen) atoms. The van der Waals surface area contributed by atoms with Gasteiger partial charge in [-0.05, 0) is 19.1 Å². The normalized spacial score (nSPS) is 11.8. The fourth-order valence-electron chi connectivity index (χ4n) is 1.46. The van der Waals surface area contributed by atoms with Gasteiger partial charge in [0.1, 0.15) is 11.7 Å². The summed E-state index contributed by atoms with van der Waals surface area (Å²) in [6.45, 7) is 1.66. The Bertz CT molecular complexity index is 477. The predicted molar refractivity (Wildman–Crippen MR) is 72.6 cm³/mol. The molecular formula is C11H14BrN3O3. The molecule has 1 unspecified atom stereocenters. The maximum atomic E-state index is 11.7. The van der Waals surface area contributed by atoms with Gasteiger partial charge in [-0.2, -0.15) is 0 Å². The van der Waals surface area contributed by atoms with Gasteiger partial charge in [-0.1, -0.05) is 15.9 Å². The number of carbonyl (C=O) groups is 1. The summed E-state index contributed by atoms with van der Waals surface area (Å²) in [7, 11) is 3.27. The lowest BCUT2D eigenvalue weighted by atomic mass is 10.2. The van der Waals surface area contributed by atoms with Gasteiger partial charge in [0.2, 0.25) is 5.91 Å². The van der Waals surface area contributed by atoms with E-state index in [4.69, 9.17) is 0 Å². The molecule has 6 nitrogen and oxygen atoms in total. The topological polar surface area (TPSA) is 75.5 Å². The first kappa shape index (κ1) is 14.4. The number of likely N-dealkylation sites (N-methyl/N-ethyl adjacent to an activating group) is 1. The summed E-state index contributed by atoms with van der Waals surface area (Å²) >= 11 is 3.18. The second-order valence-corrected chi connectivity index (χ2v) is 4.93. The third-order valence-corrected chi connectivity index (χ3v) is 2.83. The smallest absolute Gasteiger partial charge is 0.293 e. The Morgan fingerprint density at radius 1 is 1.50 bits per heavy atom. The first-order valence-corrected chi connectivity index (χ1v) is 6.04. The molecule has 0 aliphatic carbocycles. The Labute approximate surface area is 113 Å². The van der Waals surface area contributed by atoms with Crippen molar-refractivity contribution in [2.45, 2.75) is 13.0 Å². The molecule has 0 saturated heterocycles. The maximum Gasteiger partial charge on any atom is 0.293 e. The van der Waals surface area contributed by atoms with Crippen LogP contribution in [0.5, 0.6) is 0 Å². The minimum absolute atomic E-state index is 0.0669. The Morgan fingerprint density at radius 2 is 2.11 bits per heavy atom. The SMILES string of the molecule is CC(Nc1ccc(Br)cc1[N+](=O)[O-])C(=O)N(C)C. The van der Waals surface area contributed by atoms with Crippen LogP contribution in [0.2, 0.25) is 0 Å². The number of nitrogens with one attached hydrogen (secondary N) is 1. The van der Waals surface area contributed by atoms with Gasteiger partial charge >= 0.3 is 0 Å². The van der Waals surface area contributed by atoms with Gasteiger partial charge in [0, 0.05) is 24.6 Å². The molecule has 0 heterocycles. The second-order valence-electron chi connectivity index (χ2n) is 4.02. The maximum absolute atomic E-state index is 11.7. The van der Waals surface area contributed by atoms with Crippen LogP contribution in [0.1, 0.15) is 6.92 Å². The van der Waals surface area contributed by atoms with Crippen LogP contribution in [0.3, 0.4) is 0 Å². The van der Waals surface area contributed by atoms with Crippen LogP contribution < -0.4 is 5.32 Å². The van der Waals surface area contributed by atoms with Crippen molar-refractivity contribution < 1.29 is 9.72 Å². The van der Waals surface area contributed by atoms with Crippen molar-refractivity contribution in [2.75, 3.05) is 19.4 Å². The second kappa shape index (κ2) is 5.81. The Morgan fingerprint density at radius 3 is 2.61 bits per heavy atom. The summed E-state index contributed by atoms with van der Waals surface area (Å²) in [6, 6.07) is 4.12. The number of hydrogen-bond donors (Lipinski definition) is 1. The highest BCUT2D eigenvalue weighted by Crippen LogP contribution is 2.28. The molecule has 1 amide bonds. The van der Waals surface area contributed by atoms with Gasteiger partial charge in [0.15, 0.2) is 0 Å². The van der Waals surface area contributed by atoms with Gasteiger partial charge in [0.25, 0.3) is 5.69 Å². The number of nitrogens with zero attached hydrogens (tertiary/aromatic N) is 2. The third-order valence-electron chi connectivity index (χ3n) is 2.34. The standard InChI is InChI=1S/C11H14BrN3O3/c1-7(11(16)14(2)3)13-9-5-4-8(12)6-10(9)15(17)18/h4-7,13H,1-3H3. The third kappa shape index (κ3) is 3.43. The molecule has 7 heteroatoms. The molecule has 0 saturated carbocycles. The fourth-order valence-corrected chi connectivity index (χ4v) is 1.81. The van der Waals surface area contributed by atoms with Gasteiger partial charge in [-0.3, -0.25) is 14.9 Å². The highest BCUT2D eigenvalue weighted by molar-refractivity contribution is 9.10. The van der Waals surface area contributed by atoms with Crippen LogP contribution in [0.25, 0.3) is 0 Å². The van der Waals surface area contributed by atoms with Crippen molar-refractivity contribution in [2.24, 2.45) is 0 Å². The molecule has 1 rings (SSSR count). The number of hydrogen-bond acceptors (Lipinski definition) is 4. The van der Waals surface area contributed by atoms with Crippen LogP contribution in [0.15, 0.2) is 22.7 Å². The van der Waals surface area contributed by atoms with E-state index < -0.39 is 11.0 Å². The number of amides is 1. The Hall–Kier alpha value is -1.63. The molecule has 1 N–H and O–H groups in total. The number of nitro groups is 1. The van der Waals surface area contributed by atoms with Crippen molar-refractivity contribution in [3.05, 3.63) is 32.8 Å². The van der Waals surface area contributed by atoms with Crippen LogP contribution in [-0.4, -0.2) is 35.9 Å². The monoisotopic (exact) mass is 315 g/mol. The Balaban J connectivity index is 2.97. The zero-order valence-electron chi connectivity index (χ0n) is 10.3. The van der Waals surface area contributed by atoms with Crippen LogP contribution in [0, 0.1) is 10.1 Å². The zero-order valence-corrected chi connectivity index (χ0v) is 11.9. The van der Waals surface area contributed by atoms with E-state index in [2.05, 4.69) is 21.2 Å². The number of benzene rings is 1. The van der Waals surface area contributed by atoms with Gasteiger partial charge in [0.05, 0.1) is 4.92 Å². The molecule has 0 bridgehead atoms. The zero-order chi connectivity index (χ0) is 13.9. The molecule has 1 aromatic carbocycles. The van der Waals surface area contributed by atoms with Gasteiger partial charge < -0.3 is 10.2 Å². The van der Waals surface area contributed by atoms with E-state index in [1.54, 1.807) is 33.2 Å². The summed E-state index contributed by atoms with van der Waals surface area (Å²) in [4.78, 5) is 23.5. The van der Waals surface area contributed by atoms with Crippen LogP contribution in [0.4, 0.5) is 11.4 Å². The molecule has 0 radical (unpaired) electrons. The van der Waals surface area contributed by atoms with Crippen LogP contribution in [-0.2, 0) is 4.79 Å². The molecule has 0 fully saturated rings. The van der Waals surface area contributed by atoms with E-state index in [0.29, 0.717) is 10.2 Å². The number of anilines is 1. The van der Waals surface area contributed by atoms with Crippen molar-refractivity contribution in [3.63, 3.8) is 0 Å². The van der Waals surface area contributed by atoms with Crippen LogP contribution >= 0.6 is 15.9 Å². The summed E-state index contributed by atoms with van der Waals surface area (Å²) < 4.78 is 0.617. The summed E-state index contributed by atoms with van der Waals surface area (Å²) in [5.74, 6) is -0.146. The summed E-state index contributed by atoms with van der Waals surface area (Å²) in [5, 5.41) is 13.8. The fraction of sp³-hybridized carbons (Fsp3) is 0.364. The van der Waals surface area contributed by atoms with Gasteiger partial charge in [-0.25, -0.2) is 0 Å². The molecule has 0 aromatic heterocycles. The van der Waals surface area contributed by atoms with E-state index in [0.717, 1.165) is 0 Å². The van der Waals surface area contributed by atoms with Crippen molar-refractivity contribution in [1.29, 1.82) is 0 Å². The molecule has 0 spiro atoms. The predicted octanol–water partition coefficient (Wildman–Crippen LogP) is 2.25. The largest absolute Gasteiger partial charge is 0.368 e. The molecule has 0 aliphatic rings. The Kier molecular flexibility index (Phi) is 4.66. The van der Waals surface area contributed by atoms with Crippen molar-refractivity contribution in [3.8, 4) is 0 Å². The lowest BCUT2D eigenvalue weighted by Crippen LogP contribution is -2.36. The van der Waals surface area contributed by atoms with E-state index in [9.17, 15) is 14.9 Å². The number of nitro benzene ring substituents is 1. The first-order valence-electron chi connectivity index (χ1n) is 5.24. The van der Waals surface area contributed by atoms with Crippen molar-refractivity contribution >= 4 is 33.2 Å². The number of rotatable bonds is 4. The number of halogens is 1. The molecular weight excluding hydrogens is 302 g/mol. The van der Waals surface area contributed by atoms with E-state index in [-0.39, 0.29) is 11.6 Å². The lowest BCUT2D eigenvalue weighted by molar-refractivity contribution is -0.384. The lowest BCUT2D eigenvalue weighted by Gasteiger charge is -2.18. The van der Waals surface area contributed by atoms with E-state index in [1.807, 2.05) is 0 Å². The van der Waals surface area contributed by atoms with E-state index in [1.165, 1.54) is 11.0 Å². The minimum Gasteiger partial charge on any atom is -0.368 e. The average molecular weight is 316 g/mol. The molecule has 98 valence electrons. The molecule has 1 atom stereocenters. The quantitative estimate of drug-likeness (QED) is 0.683. The van der Waals surface area contributed by atoms with Gasteiger partial charge in [-0.15, -0.1) is 0 Å². The minimum atomic E-state index is -0.528. The highest BCUT2D eigenvalue weighted by Gasteiger charge is 2.20.